The Morgan fingerprint density at radius 2 is 1.17 bits per heavy atom. The molecule has 1 aliphatic heterocycles. The molecule has 0 bridgehead atoms. The second kappa shape index (κ2) is 9.82. The molecule has 7 nitrogen and oxygen atoms in total. The third-order valence-electron chi connectivity index (χ3n) is 4.92. The second-order valence-electron chi connectivity index (χ2n) is 6.75. The highest BCUT2D eigenvalue weighted by molar-refractivity contribution is 5.80. The van der Waals surface area contributed by atoms with E-state index in [9.17, 15) is 9.59 Å². The molecule has 0 spiro atoms. The van der Waals surface area contributed by atoms with Gasteiger partial charge in [0.15, 0.2) is 6.61 Å². The summed E-state index contributed by atoms with van der Waals surface area (Å²) in [5, 5.41) is 0. The molecule has 0 radical (unpaired) electrons. The van der Waals surface area contributed by atoms with Gasteiger partial charge in [0.05, 0.1) is 20.6 Å². The smallest absolute Gasteiger partial charge is 0.260 e. The Kier molecular flexibility index (Phi) is 6.94. The number of hydrogen-bond acceptors (Lipinski definition) is 5. The van der Waals surface area contributed by atoms with Gasteiger partial charge in [-0.3, -0.25) is 9.59 Å². The molecule has 7 heteroatoms. The molecular weight excluding hydrogens is 372 g/mol. The lowest BCUT2D eigenvalue weighted by molar-refractivity contribution is -0.140. The molecule has 2 amide bonds. The number of ether oxygens (including phenoxy) is 3. The number of methoxy groups -OCH3 is 2. The molecule has 29 heavy (non-hydrogen) atoms. The van der Waals surface area contributed by atoms with E-state index in [1.54, 1.807) is 48.3 Å². The van der Waals surface area contributed by atoms with Crippen LogP contribution in [-0.2, 0) is 16.0 Å². The van der Waals surface area contributed by atoms with Crippen LogP contribution in [0.2, 0.25) is 0 Å². The van der Waals surface area contributed by atoms with Crippen LogP contribution in [0.25, 0.3) is 0 Å². The monoisotopic (exact) mass is 398 g/mol. The van der Waals surface area contributed by atoms with Gasteiger partial charge in [0, 0.05) is 26.2 Å². The lowest BCUT2D eigenvalue weighted by Gasteiger charge is -2.34. The van der Waals surface area contributed by atoms with E-state index in [1.807, 2.05) is 24.3 Å². The van der Waals surface area contributed by atoms with Crippen LogP contribution in [0.15, 0.2) is 48.5 Å². The van der Waals surface area contributed by atoms with E-state index >= 15 is 0 Å². The summed E-state index contributed by atoms with van der Waals surface area (Å²) in [6.07, 6.45) is 0.346. The maximum atomic E-state index is 12.5. The lowest BCUT2D eigenvalue weighted by Crippen LogP contribution is -2.52. The fourth-order valence-electron chi connectivity index (χ4n) is 3.14. The largest absolute Gasteiger partial charge is 0.497 e. The van der Waals surface area contributed by atoms with Crippen LogP contribution < -0.4 is 14.2 Å². The van der Waals surface area contributed by atoms with Crippen LogP contribution in [0.1, 0.15) is 5.56 Å². The van der Waals surface area contributed by atoms with Crippen molar-refractivity contribution in [1.82, 2.24) is 9.80 Å². The third-order valence-corrected chi connectivity index (χ3v) is 4.92. The zero-order valence-corrected chi connectivity index (χ0v) is 16.8. The first-order valence-electron chi connectivity index (χ1n) is 9.54. The highest BCUT2D eigenvalue weighted by Gasteiger charge is 2.24. The van der Waals surface area contributed by atoms with Crippen LogP contribution in [-0.4, -0.2) is 68.6 Å². The minimum atomic E-state index is -0.0805. The molecule has 0 N–H and O–H groups in total. The minimum absolute atomic E-state index is 0.0217. The number of rotatable bonds is 7. The molecule has 0 saturated carbocycles. The number of benzene rings is 2. The Morgan fingerprint density at radius 3 is 1.69 bits per heavy atom. The van der Waals surface area contributed by atoms with Crippen molar-refractivity contribution in [3.8, 4) is 17.2 Å². The lowest BCUT2D eigenvalue weighted by atomic mass is 10.1. The van der Waals surface area contributed by atoms with Crippen LogP contribution >= 0.6 is 0 Å². The van der Waals surface area contributed by atoms with E-state index < -0.39 is 0 Å². The molecule has 0 atom stereocenters. The van der Waals surface area contributed by atoms with Crippen molar-refractivity contribution in [2.75, 3.05) is 47.0 Å². The molecule has 0 unspecified atom stereocenters. The molecule has 2 aromatic rings. The summed E-state index contributed by atoms with van der Waals surface area (Å²) in [6, 6.07) is 14.6. The van der Waals surface area contributed by atoms with Crippen LogP contribution in [0, 0.1) is 0 Å². The van der Waals surface area contributed by atoms with Crippen LogP contribution in [0.5, 0.6) is 17.2 Å². The number of amides is 2. The number of hydrogen-bond donors (Lipinski definition) is 0. The summed E-state index contributed by atoms with van der Waals surface area (Å²) in [4.78, 5) is 28.4. The Balaban J connectivity index is 1.42. The van der Waals surface area contributed by atoms with Crippen molar-refractivity contribution in [3.05, 3.63) is 54.1 Å². The summed E-state index contributed by atoms with van der Waals surface area (Å²) < 4.78 is 15.8. The Morgan fingerprint density at radius 1 is 0.724 bits per heavy atom. The topological polar surface area (TPSA) is 68.3 Å². The van der Waals surface area contributed by atoms with Crippen molar-refractivity contribution < 1.29 is 23.8 Å². The first kappa shape index (κ1) is 20.5. The van der Waals surface area contributed by atoms with Gasteiger partial charge in [0.2, 0.25) is 5.91 Å². The molecule has 154 valence electrons. The highest BCUT2D eigenvalue weighted by Crippen LogP contribution is 2.17. The van der Waals surface area contributed by atoms with Crippen molar-refractivity contribution in [3.63, 3.8) is 0 Å². The van der Waals surface area contributed by atoms with Crippen molar-refractivity contribution in [2.45, 2.75) is 6.42 Å². The van der Waals surface area contributed by atoms with E-state index in [4.69, 9.17) is 14.2 Å². The van der Waals surface area contributed by atoms with Gasteiger partial charge in [-0.1, -0.05) is 12.1 Å². The summed E-state index contributed by atoms with van der Waals surface area (Å²) in [7, 11) is 3.21. The summed E-state index contributed by atoms with van der Waals surface area (Å²) >= 11 is 0. The zero-order valence-electron chi connectivity index (χ0n) is 16.8. The molecule has 1 heterocycles. The first-order chi connectivity index (χ1) is 14.1. The number of carbonyl (C=O) groups is 2. The molecule has 1 aliphatic rings. The quantitative estimate of drug-likeness (QED) is 0.714. The molecule has 1 fully saturated rings. The SMILES string of the molecule is COc1ccc(CC(=O)N2CCN(C(=O)COc3ccc(OC)cc3)CC2)cc1. The number of piperazine rings is 1. The van der Waals surface area contributed by atoms with Gasteiger partial charge in [0.1, 0.15) is 17.2 Å². The van der Waals surface area contributed by atoms with E-state index in [0.29, 0.717) is 38.3 Å². The van der Waals surface area contributed by atoms with Crippen molar-refractivity contribution in [2.24, 2.45) is 0 Å². The fourth-order valence-corrected chi connectivity index (χ4v) is 3.14. The van der Waals surface area contributed by atoms with Crippen molar-refractivity contribution in [1.29, 1.82) is 0 Å². The minimum Gasteiger partial charge on any atom is -0.497 e. The van der Waals surface area contributed by atoms with Gasteiger partial charge in [-0.05, 0) is 42.0 Å². The van der Waals surface area contributed by atoms with Gasteiger partial charge >= 0.3 is 0 Å². The maximum Gasteiger partial charge on any atom is 0.260 e. The van der Waals surface area contributed by atoms with Gasteiger partial charge in [-0.2, -0.15) is 0 Å². The fraction of sp³-hybridized carbons (Fsp3) is 0.364. The summed E-state index contributed by atoms with van der Waals surface area (Å²) in [5.74, 6) is 2.11. The average molecular weight is 398 g/mol. The van der Waals surface area contributed by atoms with E-state index in [2.05, 4.69) is 0 Å². The molecule has 0 aromatic heterocycles. The number of carbonyl (C=O) groups excluding carboxylic acids is 2. The molecule has 1 saturated heterocycles. The molecular formula is C22H26N2O5. The molecule has 3 rings (SSSR count). The molecule has 0 aliphatic carbocycles. The maximum absolute atomic E-state index is 12.5. The van der Waals surface area contributed by atoms with Gasteiger partial charge in [-0.25, -0.2) is 0 Å². The van der Waals surface area contributed by atoms with Gasteiger partial charge in [-0.15, -0.1) is 0 Å². The highest BCUT2D eigenvalue weighted by atomic mass is 16.5. The van der Waals surface area contributed by atoms with Crippen LogP contribution in [0.3, 0.4) is 0 Å². The summed E-state index contributed by atoms with van der Waals surface area (Å²) in [5.41, 5.74) is 0.946. The average Bonchev–Trinajstić information content (AvgIpc) is 2.78. The Hall–Kier alpha value is -3.22. The van der Waals surface area contributed by atoms with E-state index in [0.717, 1.165) is 17.1 Å². The summed E-state index contributed by atoms with van der Waals surface area (Å²) in [6.45, 7) is 2.07. The predicted octanol–water partition coefficient (Wildman–Crippen LogP) is 2.00. The number of nitrogens with zero attached hydrogens (tertiary/aromatic N) is 2. The zero-order chi connectivity index (χ0) is 20.6. The van der Waals surface area contributed by atoms with E-state index in [1.165, 1.54) is 0 Å². The Bertz CT molecular complexity index is 812. The van der Waals surface area contributed by atoms with E-state index in [-0.39, 0.29) is 18.4 Å². The third kappa shape index (κ3) is 5.63. The molecule has 2 aromatic carbocycles. The normalized spacial score (nSPS) is 13.7. The standard InChI is InChI=1S/C22H26N2O5/c1-27-18-5-3-17(4-6-18)15-21(25)23-11-13-24(14-12-23)22(26)16-29-20-9-7-19(28-2)8-10-20/h3-10H,11-16H2,1-2H3. The van der Waals surface area contributed by atoms with Crippen LogP contribution in [0.4, 0.5) is 0 Å². The Labute approximate surface area is 170 Å². The second-order valence-corrected chi connectivity index (χ2v) is 6.75. The first-order valence-corrected chi connectivity index (χ1v) is 9.54. The predicted molar refractivity (Wildman–Crippen MR) is 108 cm³/mol. The van der Waals surface area contributed by atoms with Gasteiger partial charge in [0.25, 0.3) is 5.91 Å². The van der Waals surface area contributed by atoms with Gasteiger partial charge < -0.3 is 24.0 Å². The van der Waals surface area contributed by atoms with Crippen molar-refractivity contribution >= 4 is 11.8 Å².